The Morgan fingerprint density at radius 2 is 1.24 bits per heavy atom. The predicted octanol–water partition coefficient (Wildman–Crippen LogP) is 8.59. The van der Waals surface area contributed by atoms with Crippen LogP contribution in [0.5, 0.6) is 0 Å². The van der Waals surface area contributed by atoms with Crippen molar-refractivity contribution in [1.82, 2.24) is 4.90 Å². The minimum atomic E-state index is -1.34. The van der Waals surface area contributed by atoms with E-state index in [1.165, 1.54) is 4.90 Å². The Labute approximate surface area is 268 Å². The molecule has 0 bridgehead atoms. The predicted molar refractivity (Wildman–Crippen MR) is 175 cm³/mol. The Kier molecular flexibility index (Phi) is 7.86. The van der Waals surface area contributed by atoms with Gasteiger partial charge < -0.3 is 9.47 Å². The summed E-state index contributed by atoms with van der Waals surface area (Å²) in [4.78, 5) is 29.4. The number of hydrogen-bond donors (Lipinski definition) is 0. The SMILES string of the molecule is O=C(OC(c1ccccc1)(c1ccccc1)c1ccccc1Cl)[C@@H]1CCCN1C(=O)OCC1c2ccccc2-c2ccccc21. The van der Waals surface area contributed by atoms with Gasteiger partial charge in [0.25, 0.3) is 0 Å². The number of benzene rings is 5. The van der Waals surface area contributed by atoms with E-state index >= 15 is 0 Å². The third-order valence-electron chi connectivity index (χ3n) is 8.96. The van der Waals surface area contributed by atoms with E-state index in [2.05, 4.69) is 24.3 Å². The first kappa shape index (κ1) is 28.9. The molecular formula is C39H32ClNO4. The highest BCUT2D eigenvalue weighted by Crippen LogP contribution is 2.46. The highest BCUT2D eigenvalue weighted by Gasteiger charge is 2.46. The van der Waals surface area contributed by atoms with Gasteiger partial charge in [-0.2, -0.15) is 0 Å². The highest BCUT2D eigenvalue weighted by molar-refractivity contribution is 6.31. The van der Waals surface area contributed by atoms with E-state index < -0.39 is 23.7 Å². The summed E-state index contributed by atoms with van der Waals surface area (Å²) >= 11 is 6.83. The van der Waals surface area contributed by atoms with Crippen molar-refractivity contribution in [2.24, 2.45) is 0 Å². The van der Waals surface area contributed by atoms with Crippen LogP contribution >= 0.6 is 11.6 Å². The van der Waals surface area contributed by atoms with E-state index in [0.29, 0.717) is 30.0 Å². The summed E-state index contributed by atoms with van der Waals surface area (Å²) < 4.78 is 12.6. The number of carbonyl (C=O) groups is 2. The molecule has 0 radical (unpaired) electrons. The number of halogens is 1. The van der Waals surface area contributed by atoms with Gasteiger partial charge in [0.2, 0.25) is 0 Å². The van der Waals surface area contributed by atoms with Crippen molar-refractivity contribution < 1.29 is 19.1 Å². The minimum absolute atomic E-state index is 0.0709. The minimum Gasteiger partial charge on any atom is -0.448 e. The summed E-state index contributed by atoms with van der Waals surface area (Å²) in [5, 5.41) is 0.470. The third-order valence-corrected chi connectivity index (χ3v) is 9.29. The van der Waals surface area contributed by atoms with E-state index in [9.17, 15) is 9.59 Å². The maximum Gasteiger partial charge on any atom is 0.410 e. The van der Waals surface area contributed by atoms with Crippen LogP contribution in [-0.2, 0) is 19.9 Å². The molecule has 45 heavy (non-hydrogen) atoms. The fraction of sp³-hybridized carbons (Fsp3) is 0.179. The van der Waals surface area contributed by atoms with Gasteiger partial charge in [0, 0.05) is 34.2 Å². The molecule has 1 aliphatic heterocycles. The first-order valence-electron chi connectivity index (χ1n) is 15.3. The quantitative estimate of drug-likeness (QED) is 0.136. The summed E-state index contributed by atoms with van der Waals surface area (Å²) in [6, 6.07) is 42.3. The van der Waals surface area contributed by atoms with Crippen LogP contribution in [0.1, 0.15) is 46.6 Å². The molecule has 2 aliphatic rings. The van der Waals surface area contributed by atoms with Crippen molar-refractivity contribution in [3.63, 3.8) is 0 Å². The number of rotatable bonds is 7. The molecule has 0 unspecified atom stereocenters. The zero-order valence-corrected chi connectivity index (χ0v) is 25.4. The first-order chi connectivity index (χ1) is 22.1. The van der Waals surface area contributed by atoms with Crippen LogP contribution < -0.4 is 0 Å². The normalized spacial score (nSPS) is 15.8. The maximum atomic E-state index is 14.3. The number of amides is 1. The Morgan fingerprint density at radius 3 is 1.84 bits per heavy atom. The number of ether oxygens (including phenoxy) is 2. The topological polar surface area (TPSA) is 55.8 Å². The second-order valence-corrected chi connectivity index (χ2v) is 11.9. The summed E-state index contributed by atoms with van der Waals surface area (Å²) in [5.74, 6) is -0.577. The molecule has 1 aliphatic carbocycles. The number of carbonyl (C=O) groups excluding carboxylic acids is 2. The molecule has 1 heterocycles. The second-order valence-electron chi connectivity index (χ2n) is 11.5. The van der Waals surface area contributed by atoms with Gasteiger partial charge in [-0.3, -0.25) is 4.90 Å². The van der Waals surface area contributed by atoms with E-state index in [1.54, 1.807) is 6.07 Å². The molecule has 1 saturated heterocycles. The number of esters is 1. The first-order valence-corrected chi connectivity index (χ1v) is 15.7. The molecule has 5 aromatic carbocycles. The van der Waals surface area contributed by atoms with Crippen molar-refractivity contribution in [3.8, 4) is 11.1 Å². The van der Waals surface area contributed by atoms with Crippen LogP contribution in [-0.4, -0.2) is 36.2 Å². The molecule has 0 spiro atoms. The van der Waals surface area contributed by atoms with Gasteiger partial charge in [-0.1, -0.05) is 139 Å². The zero-order valence-electron chi connectivity index (χ0n) is 24.6. The Bertz CT molecular complexity index is 1760. The Morgan fingerprint density at radius 1 is 0.711 bits per heavy atom. The summed E-state index contributed by atoms with van der Waals surface area (Å²) in [5.41, 5.74) is 5.41. The third kappa shape index (κ3) is 5.17. The lowest BCUT2D eigenvalue weighted by Gasteiger charge is -2.37. The zero-order chi connectivity index (χ0) is 30.8. The van der Waals surface area contributed by atoms with E-state index in [0.717, 1.165) is 33.4 Å². The average molecular weight is 614 g/mol. The van der Waals surface area contributed by atoms with Crippen LogP contribution in [0.3, 0.4) is 0 Å². The number of fused-ring (bicyclic) bond motifs is 3. The molecule has 0 N–H and O–H groups in total. The number of hydrogen-bond acceptors (Lipinski definition) is 4. The standard InChI is InChI=1S/C39H32ClNO4/c40-35-23-12-11-22-34(35)39(27-14-3-1-4-15-27,28-16-5-2-6-17-28)45-37(42)36-24-13-25-41(36)38(43)44-26-33-31-20-9-7-18-29(31)30-19-8-10-21-32(30)33/h1-12,14-23,33,36H,13,24-26H2/t36-/m0/s1. The lowest BCUT2D eigenvalue weighted by Crippen LogP contribution is -2.46. The lowest BCUT2D eigenvalue weighted by molar-refractivity contribution is -0.158. The van der Waals surface area contributed by atoms with Gasteiger partial charge in [-0.25, -0.2) is 9.59 Å². The molecule has 1 amide bonds. The fourth-order valence-electron chi connectivity index (χ4n) is 6.87. The monoisotopic (exact) mass is 613 g/mol. The molecule has 0 aromatic heterocycles. The molecule has 5 aromatic rings. The number of nitrogens with zero attached hydrogens (tertiary/aromatic N) is 1. The van der Waals surface area contributed by atoms with Crippen molar-refractivity contribution in [3.05, 3.63) is 166 Å². The highest BCUT2D eigenvalue weighted by atomic mass is 35.5. The van der Waals surface area contributed by atoms with Crippen LogP contribution in [0.2, 0.25) is 5.02 Å². The van der Waals surface area contributed by atoms with Gasteiger partial charge in [0.05, 0.1) is 0 Å². The van der Waals surface area contributed by atoms with Crippen LogP contribution in [0.4, 0.5) is 4.79 Å². The Balaban J connectivity index is 1.18. The molecule has 6 heteroatoms. The van der Waals surface area contributed by atoms with Gasteiger partial charge >= 0.3 is 12.1 Å². The Hall–Kier alpha value is -4.87. The molecule has 0 saturated carbocycles. The summed E-state index contributed by atoms with van der Waals surface area (Å²) in [6.45, 7) is 0.592. The summed E-state index contributed by atoms with van der Waals surface area (Å²) in [6.07, 6.45) is 0.629. The summed E-state index contributed by atoms with van der Waals surface area (Å²) in [7, 11) is 0. The van der Waals surface area contributed by atoms with Gasteiger partial charge in [0.1, 0.15) is 12.6 Å². The van der Waals surface area contributed by atoms with Crippen molar-refractivity contribution in [2.45, 2.75) is 30.4 Å². The lowest BCUT2D eigenvalue weighted by atomic mass is 9.80. The molecular weight excluding hydrogens is 582 g/mol. The smallest absolute Gasteiger partial charge is 0.410 e. The molecule has 5 nitrogen and oxygen atoms in total. The van der Waals surface area contributed by atoms with Crippen molar-refractivity contribution >= 4 is 23.7 Å². The van der Waals surface area contributed by atoms with Crippen LogP contribution in [0, 0.1) is 0 Å². The average Bonchev–Trinajstić information content (AvgIpc) is 3.71. The fourth-order valence-corrected chi connectivity index (χ4v) is 7.14. The largest absolute Gasteiger partial charge is 0.448 e. The van der Waals surface area contributed by atoms with Crippen molar-refractivity contribution in [2.75, 3.05) is 13.2 Å². The van der Waals surface area contributed by atoms with E-state index in [1.807, 2.05) is 103 Å². The molecule has 1 fully saturated rings. The van der Waals surface area contributed by atoms with E-state index in [4.69, 9.17) is 21.1 Å². The van der Waals surface area contributed by atoms with Gasteiger partial charge in [-0.05, 0) is 41.2 Å². The van der Waals surface area contributed by atoms with Crippen LogP contribution in [0.25, 0.3) is 11.1 Å². The van der Waals surface area contributed by atoms with Gasteiger partial charge in [0.15, 0.2) is 5.60 Å². The van der Waals surface area contributed by atoms with Gasteiger partial charge in [-0.15, -0.1) is 0 Å². The molecule has 224 valence electrons. The maximum absolute atomic E-state index is 14.3. The molecule has 1 atom stereocenters. The van der Waals surface area contributed by atoms with E-state index in [-0.39, 0.29) is 12.5 Å². The van der Waals surface area contributed by atoms with Crippen molar-refractivity contribution in [1.29, 1.82) is 0 Å². The van der Waals surface area contributed by atoms with Crippen LogP contribution in [0.15, 0.2) is 133 Å². The molecule has 7 rings (SSSR count). The second kappa shape index (κ2) is 12.3. The number of likely N-dealkylation sites (tertiary alicyclic amines) is 1.